The predicted octanol–water partition coefficient (Wildman–Crippen LogP) is 5.45. The number of ether oxygens (including phenoxy) is 1. The molecule has 0 aromatic heterocycles. The quantitative estimate of drug-likeness (QED) is 0.128. The van der Waals surface area contributed by atoms with E-state index in [0.717, 1.165) is 32.3 Å². The summed E-state index contributed by atoms with van der Waals surface area (Å²) in [6, 6.07) is 14.3. The van der Waals surface area contributed by atoms with Gasteiger partial charge in [-0.05, 0) is 58.3 Å². The zero-order valence-electron chi connectivity index (χ0n) is 16.7. The molecule has 6 rings (SSSR count). The Morgan fingerprint density at radius 1 is 0.548 bits per heavy atom. The van der Waals surface area contributed by atoms with Crippen molar-refractivity contribution in [2.75, 3.05) is 0 Å². The molecule has 5 heteroatoms. The minimum atomic E-state index is -0.656. The van der Waals surface area contributed by atoms with Gasteiger partial charge < -0.3 is 4.74 Å². The van der Waals surface area contributed by atoms with E-state index in [0.29, 0.717) is 33.0 Å². The second-order valence-electron chi connectivity index (χ2n) is 7.93. The maximum absolute atomic E-state index is 12.4. The Bertz CT molecular complexity index is 1570. The summed E-state index contributed by atoms with van der Waals surface area (Å²) in [5.74, 6) is -1.54. The Morgan fingerprint density at radius 2 is 0.935 bits per heavy atom. The SMILES string of the molecule is CC(=O)c1ccc2c3ccc4c5c(ccc(c6ccc(C(C)=O)c1c26)c53)C(=O)OC4=O. The number of hydrogen-bond donors (Lipinski definition) is 0. The molecule has 0 N–H and O–H groups in total. The van der Waals surface area contributed by atoms with E-state index in [1.165, 1.54) is 13.8 Å². The van der Waals surface area contributed by atoms with Crippen LogP contribution in [0.2, 0.25) is 0 Å². The lowest BCUT2D eigenvalue weighted by atomic mass is 9.83. The molecule has 0 saturated heterocycles. The van der Waals surface area contributed by atoms with Gasteiger partial charge in [0.25, 0.3) is 0 Å². The summed E-state index contributed by atoms with van der Waals surface area (Å²) in [7, 11) is 0. The molecular formula is C26H14O5. The van der Waals surface area contributed by atoms with E-state index in [9.17, 15) is 19.2 Å². The monoisotopic (exact) mass is 406 g/mol. The Labute approximate surface area is 175 Å². The van der Waals surface area contributed by atoms with Crippen LogP contribution in [0.4, 0.5) is 0 Å². The summed E-state index contributed by atoms with van der Waals surface area (Å²) in [5.41, 5.74) is 1.71. The molecule has 5 nitrogen and oxygen atoms in total. The van der Waals surface area contributed by atoms with Crippen LogP contribution in [0.1, 0.15) is 55.3 Å². The Hall–Kier alpha value is -4.12. The van der Waals surface area contributed by atoms with Gasteiger partial charge in [0.15, 0.2) is 11.6 Å². The fourth-order valence-corrected chi connectivity index (χ4v) is 5.01. The maximum atomic E-state index is 12.4. The molecule has 1 aliphatic heterocycles. The van der Waals surface area contributed by atoms with Crippen LogP contribution in [0.25, 0.3) is 43.1 Å². The van der Waals surface area contributed by atoms with E-state index in [1.54, 1.807) is 24.3 Å². The van der Waals surface area contributed by atoms with Crippen molar-refractivity contribution >= 4 is 66.6 Å². The molecular weight excluding hydrogens is 392 g/mol. The van der Waals surface area contributed by atoms with E-state index < -0.39 is 11.9 Å². The maximum Gasteiger partial charge on any atom is 0.346 e. The number of Topliss-reactive ketones (excluding diaryl/α,β-unsaturated/α-hetero) is 2. The highest BCUT2D eigenvalue weighted by Crippen LogP contribution is 2.44. The van der Waals surface area contributed by atoms with Crippen molar-refractivity contribution in [3.63, 3.8) is 0 Å². The van der Waals surface area contributed by atoms with Gasteiger partial charge in [0.1, 0.15) is 0 Å². The summed E-state index contributed by atoms with van der Waals surface area (Å²) >= 11 is 0. The van der Waals surface area contributed by atoms with Gasteiger partial charge in [0.05, 0.1) is 11.1 Å². The lowest BCUT2D eigenvalue weighted by Crippen LogP contribution is -2.19. The van der Waals surface area contributed by atoms with Crippen molar-refractivity contribution in [1.29, 1.82) is 0 Å². The highest BCUT2D eigenvalue weighted by Gasteiger charge is 2.30. The average molecular weight is 406 g/mol. The van der Waals surface area contributed by atoms with E-state index in [4.69, 9.17) is 4.74 Å². The van der Waals surface area contributed by atoms with E-state index in [-0.39, 0.29) is 11.6 Å². The molecule has 0 saturated carbocycles. The minimum Gasteiger partial charge on any atom is -0.386 e. The summed E-state index contributed by atoms with van der Waals surface area (Å²) in [5, 5.41) is 6.30. The van der Waals surface area contributed by atoms with E-state index in [2.05, 4.69) is 0 Å². The fourth-order valence-electron chi connectivity index (χ4n) is 5.01. The third-order valence-corrected chi connectivity index (χ3v) is 6.29. The molecule has 0 aliphatic carbocycles. The molecule has 31 heavy (non-hydrogen) atoms. The van der Waals surface area contributed by atoms with Crippen molar-refractivity contribution in [2.24, 2.45) is 0 Å². The summed E-state index contributed by atoms with van der Waals surface area (Å²) in [6.45, 7) is 2.99. The van der Waals surface area contributed by atoms with Crippen molar-refractivity contribution in [1.82, 2.24) is 0 Å². The molecule has 0 bridgehead atoms. The van der Waals surface area contributed by atoms with Gasteiger partial charge in [0, 0.05) is 21.9 Å². The lowest BCUT2D eigenvalue weighted by molar-refractivity contribution is 0.0391. The van der Waals surface area contributed by atoms with Gasteiger partial charge in [-0.15, -0.1) is 0 Å². The number of rotatable bonds is 2. The van der Waals surface area contributed by atoms with E-state index in [1.807, 2.05) is 24.3 Å². The van der Waals surface area contributed by atoms with Crippen molar-refractivity contribution in [2.45, 2.75) is 13.8 Å². The summed E-state index contributed by atoms with van der Waals surface area (Å²) < 4.78 is 4.89. The molecule has 0 radical (unpaired) electrons. The van der Waals surface area contributed by atoms with Crippen LogP contribution >= 0.6 is 0 Å². The first-order chi connectivity index (χ1) is 14.9. The van der Waals surface area contributed by atoms with Gasteiger partial charge in [-0.1, -0.05) is 36.4 Å². The number of carbonyl (C=O) groups excluding carboxylic acids is 4. The number of benzene rings is 5. The third kappa shape index (κ3) is 2.10. The molecule has 0 fully saturated rings. The van der Waals surface area contributed by atoms with Crippen LogP contribution < -0.4 is 0 Å². The Morgan fingerprint density at radius 3 is 1.35 bits per heavy atom. The lowest BCUT2D eigenvalue weighted by Gasteiger charge is -2.21. The number of fused-ring (bicyclic) bond motifs is 2. The molecule has 1 aliphatic rings. The van der Waals surface area contributed by atoms with Gasteiger partial charge in [-0.25, -0.2) is 9.59 Å². The largest absolute Gasteiger partial charge is 0.386 e. The van der Waals surface area contributed by atoms with Gasteiger partial charge in [-0.2, -0.15) is 0 Å². The van der Waals surface area contributed by atoms with Crippen LogP contribution in [0, 0.1) is 0 Å². The summed E-state index contributed by atoms with van der Waals surface area (Å²) in [4.78, 5) is 49.6. The second kappa shape index (κ2) is 5.73. The topological polar surface area (TPSA) is 77.5 Å². The zero-order valence-corrected chi connectivity index (χ0v) is 16.7. The van der Waals surface area contributed by atoms with Crippen molar-refractivity contribution < 1.29 is 23.9 Å². The molecule has 0 amide bonds. The first kappa shape index (κ1) is 17.7. The first-order valence-corrected chi connectivity index (χ1v) is 9.87. The Balaban J connectivity index is 1.96. The van der Waals surface area contributed by atoms with Crippen LogP contribution in [0.3, 0.4) is 0 Å². The average Bonchev–Trinajstić information content (AvgIpc) is 2.75. The predicted molar refractivity (Wildman–Crippen MR) is 117 cm³/mol. The van der Waals surface area contributed by atoms with Crippen LogP contribution in [-0.2, 0) is 4.74 Å². The third-order valence-electron chi connectivity index (χ3n) is 6.29. The number of ketones is 2. The van der Waals surface area contributed by atoms with Crippen LogP contribution in [0.5, 0.6) is 0 Å². The molecule has 5 aromatic rings. The van der Waals surface area contributed by atoms with Crippen molar-refractivity contribution in [3.05, 3.63) is 70.8 Å². The molecule has 0 unspecified atom stereocenters. The minimum absolute atomic E-state index is 0.115. The fraction of sp³-hybridized carbons (Fsp3) is 0.0769. The van der Waals surface area contributed by atoms with E-state index >= 15 is 0 Å². The highest BCUT2D eigenvalue weighted by molar-refractivity contribution is 6.39. The van der Waals surface area contributed by atoms with Gasteiger partial charge in [-0.3, -0.25) is 9.59 Å². The molecule has 148 valence electrons. The van der Waals surface area contributed by atoms with Crippen LogP contribution in [-0.4, -0.2) is 23.5 Å². The smallest absolute Gasteiger partial charge is 0.346 e. The normalized spacial score (nSPS) is 13.5. The summed E-state index contributed by atoms with van der Waals surface area (Å²) in [6.07, 6.45) is 0. The van der Waals surface area contributed by atoms with Crippen LogP contribution in [0.15, 0.2) is 48.5 Å². The number of hydrogen-bond acceptors (Lipinski definition) is 5. The standard InChI is InChI=1S/C26H14O5/c1-11(27)13-3-5-15-17-7-9-19-24-20(26(30)31-25(19)29)10-8-18(23(17)24)16-6-4-14(12(2)28)21(13)22(15)16/h3-10H,1-2H3. The highest BCUT2D eigenvalue weighted by atomic mass is 16.6. The van der Waals surface area contributed by atoms with Gasteiger partial charge in [0.2, 0.25) is 0 Å². The Kier molecular flexibility index (Phi) is 3.27. The number of carbonyl (C=O) groups is 4. The number of cyclic esters (lactones) is 2. The molecule has 0 spiro atoms. The van der Waals surface area contributed by atoms with Crippen molar-refractivity contribution in [3.8, 4) is 0 Å². The molecule has 0 atom stereocenters. The number of esters is 2. The zero-order chi connectivity index (χ0) is 21.6. The molecule has 1 heterocycles. The molecule has 5 aromatic carbocycles. The second-order valence-corrected chi connectivity index (χ2v) is 7.93. The first-order valence-electron chi connectivity index (χ1n) is 9.87. The van der Waals surface area contributed by atoms with Gasteiger partial charge >= 0.3 is 11.9 Å².